The number of aliphatic hydroxyl groups excluding tert-OH is 1. The van der Waals surface area contributed by atoms with Gasteiger partial charge in [-0.1, -0.05) is 0 Å². The number of rotatable bonds is 6. The van der Waals surface area contributed by atoms with E-state index in [-0.39, 0.29) is 5.41 Å². The first-order valence-corrected chi connectivity index (χ1v) is 8.64. The Bertz CT molecular complexity index is 555. The summed E-state index contributed by atoms with van der Waals surface area (Å²) in [7, 11) is 0. The summed E-state index contributed by atoms with van der Waals surface area (Å²) < 4.78 is 47.1. The Morgan fingerprint density at radius 3 is 2.68 bits per heavy atom. The molecule has 8 heteroatoms. The van der Waals surface area contributed by atoms with E-state index < -0.39 is 41.1 Å². The van der Waals surface area contributed by atoms with Crippen LogP contribution < -0.4 is 0 Å². The van der Waals surface area contributed by atoms with Gasteiger partial charge in [0.25, 0.3) is 0 Å². The molecule has 4 rings (SSSR count). The Morgan fingerprint density at radius 2 is 2.05 bits per heavy atom. The van der Waals surface area contributed by atoms with Crippen molar-refractivity contribution in [2.24, 2.45) is 28.6 Å². The zero-order chi connectivity index (χ0) is 15.8. The minimum atomic E-state index is -3.81. The van der Waals surface area contributed by atoms with Gasteiger partial charge in [-0.25, -0.2) is 4.21 Å². The van der Waals surface area contributed by atoms with Crippen LogP contribution in [0.15, 0.2) is 0 Å². The summed E-state index contributed by atoms with van der Waals surface area (Å²) in [4.78, 5) is 12.5. The number of hydrogen-bond donors (Lipinski definition) is 1. The minimum absolute atomic E-state index is 0.0186. The molecule has 4 aliphatic rings. The number of carbonyl (C=O) groups is 1. The molecule has 4 saturated carbocycles. The highest BCUT2D eigenvalue weighted by atomic mass is 32.2. The highest BCUT2D eigenvalue weighted by Crippen LogP contribution is 2.86. The van der Waals surface area contributed by atoms with Crippen molar-refractivity contribution in [1.82, 2.24) is 0 Å². The molecule has 0 aromatic rings. The fraction of sp³-hybridized carbons (Fsp3) is 0.929. The third-order valence-electron chi connectivity index (χ3n) is 6.56. The van der Waals surface area contributed by atoms with Crippen LogP contribution in [-0.2, 0) is 24.8 Å². The standard InChI is InChI=1S/C14H18F2O5S/c15-14(16,22(19)21-7-17)6-20-11(18)12-3-8-1-9-2-10(5-12)13(9,12)4-8/h8-10,17H,1-7H2/t8?,9?,10?,12?,13-,22?/m0/s1. The Kier molecular flexibility index (Phi) is 3.05. The number of halogens is 2. The number of aliphatic hydroxyl groups is 1. The number of esters is 1. The summed E-state index contributed by atoms with van der Waals surface area (Å²) in [5.41, 5.74) is -0.552. The van der Waals surface area contributed by atoms with Crippen molar-refractivity contribution in [2.75, 3.05) is 13.4 Å². The third-order valence-corrected chi connectivity index (χ3v) is 7.48. The molecule has 0 aromatic heterocycles. The van der Waals surface area contributed by atoms with Crippen LogP contribution >= 0.6 is 0 Å². The summed E-state index contributed by atoms with van der Waals surface area (Å²) >= 11 is -3.01. The smallest absolute Gasteiger partial charge is 0.378 e. The third kappa shape index (κ3) is 1.58. The molecule has 22 heavy (non-hydrogen) atoms. The van der Waals surface area contributed by atoms with Crippen molar-refractivity contribution in [3.05, 3.63) is 0 Å². The lowest BCUT2D eigenvalue weighted by molar-refractivity contribution is -0.253. The first kappa shape index (κ1) is 15.0. The summed E-state index contributed by atoms with van der Waals surface area (Å²) in [6.07, 6.45) is 4.86. The molecular weight excluding hydrogens is 318 g/mol. The second kappa shape index (κ2) is 4.48. The largest absolute Gasteiger partial charge is 0.458 e. The molecule has 0 radical (unpaired) electrons. The molecule has 124 valence electrons. The van der Waals surface area contributed by atoms with Crippen LogP contribution in [0.5, 0.6) is 0 Å². The second-order valence-corrected chi connectivity index (χ2v) is 8.46. The number of ether oxygens (including phenoxy) is 1. The van der Waals surface area contributed by atoms with Crippen molar-refractivity contribution in [3.63, 3.8) is 0 Å². The molecule has 5 nitrogen and oxygen atoms in total. The van der Waals surface area contributed by atoms with Gasteiger partial charge in [-0.2, -0.15) is 8.78 Å². The van der Waals surface area contributed by atoms with Crippen molar-refractivity contribution >= 4 is 17.0 Å². The SMILES string of the molecule is O=C(OCC(F)(F)S(=O)OCO)C12CC3CC4CC(C1)[C@]42C3. The maximum absolute atomic E-state index is 13.5. The molecule has 1 N–H and O–H groups in total. The molecular formula is C14H18F2O5S. The highest BCUT2D eigenvalue weighted by Gasteiger charge is 2.83. The van der Waals surface area contributed by atoms with E-state index in [0.29, 0.717) is 17.8 Å². The predicted molar refractivity (Wildman–Crippen MR) is 70.6 cm³/mol. The lowest BCUT2D eigenvalue weighted by atomic mass is 9.32. The molecule has 2 bridgehead atoms. The Morgan fingerprint density at radius 1 is 1.27 bits per heavy atom. The normalized spacial score (nSPS) is 45.7. The predicted octanol–water partition coefficient (Wildman–Crippen LogP) is 1.58. The molecule has 0 aromatic carbocycles. The molecule has 0 aliphatic heterocycles. The quantitative estimate of drug-likeness (QED) is 0.589. The van der Waals surface area contributed by atoms with E-state index in [1.165, 1.54) is 0 Å². The summed E-state index contributed by atoms with van der Waals surface area (Å²) in [6.45, 7) is -2.34. The molecule has 6 atom stereocenters. The van der Waals surface area contributed by atoms with Crippen LogP contribution in [0.1, 0.15) is 32.1 Å². The molecule has 0 heterocycles. The zero-order valence-corrected chi connectivity index (χ0v) is 12.7. The Balaban J connectivity index is 1.43. The number of fused-ring (bicyclic) bond motifs is 1. The van der Waals surface area contributed by atoms with Crippen LogP contribution in [-0.4, -0.2) is 33.9 Å². The fourth-order valence-corrected chi connectivity index (χ4v) is 6.43. The maximum atomic E-state index is 13.5. The molecule has 5 unspecified atom stereocenters. The lowest BCUT2D eigenvalue weighted by Gasteiger charge is -2.71. The van der Waals surface area contributed by atoms with Crippen LogP contribution in [0.25, 0.3) is 0 Å². The van der Waals surface area contributed by atoms with Gasteiger partial charge < -0.3 is 9.84 Å². The number of alkyl halides is 2. The fourth-order valence-electron chi connectivity index (χ4n) is 6.01. The number of carbonyl (C=O) groups excluding carboxylic acids is 1. The molecule has 0 amide bonds. The lowest BCUT2D eigenvalue weighted by Crippen LogP contribution is -2.69. The van der Waals surface area contributed by atoms with Crippen molar-refractivity contribution < 1.29 is 31.8 Å². The summed E-state index contributed by atoms with van der Waals surface area (Å²) in [5, 5.41) is 4.57. The van der Waals surface area contributed by atoms with Crippen molar-refractivity contribution in [1.29, 1.82) is 0 Å². The van der Waals surface area contributed by atoms with Crippen LogP contribution in [0, 0.1) is 28.6 Å². The Hall–Kier alpha value is -0.600. The average Bonchev–Trinajstić information content (AvgIpc) is 2.93. The van der Waals surface area contributed by atoms with E-state index in [4.69, 9.17) is 9.84 Å². The van der Waals surface area contributed by atoms with Gasteiger partial charge in [0.05, 0.1) is 5.41 Å². The molecule has 4 aliphatic carbocycles. The highest BCUT2D eigenvalue weighted by molar-refractivity contribution is 7.81. The summed E-state index contributed by atoms with van der Waals surface area (Å²) in [5.74, 6) is 1.09. The monoisotopic (exact) mass is 336 g/mol. The van der Waals surface area contributed by atoms with Gasteiger partial charge in [-0.05, 0) is 55.3 Å². The second-order valence-electron chi connectivity index (χ2n) is 7.16. The molecule has 1 spiro atoms. The van der Waals surface area contributed by atoms with Gasteiger partial charge in [0.2, 0.25) is 11.1 Å². The Labute approximate surface area is 129 Å². The van der Waals surface area contributed by atoms with Crippen molar-refractivity contribution in [2.45, 2.75) is 37.4 Å². The van der Waals surface area contributed by atoms with E-state index in [9.17, 15) is 17.8 Å². The topological polar surface area (TPSA) is 72.8 Å². The van der Waals surface area contributed by atoms with Crippen LogP contribution in [0.2, 0.25) is 0 Å². The minimum Gasteiger partial charge on any atom is -0.458 e. The van der Waals surface area contributed by atoms with E-state index in [0.717, 1.165) is 32.1 Å². The van der Waals surface area contributed by atoms with E-state index in [2.05, 4.69) is 4.18 Å². The van der Waals surface area contributed by atoms with E-state index in [1.807, 2.05) is 0 Å². The zero-order valence-electron chi connectivity index (χ0n) is 11.9. The first-order valence-electron chi connectivity index (χ1n) is 7.57. The summed E-state index contributed by atoms with van der Waals surface area (Å²) in [6, 6.07) is 0. The van der Waals surface area contributed by atoms with E-state index >= 15 is 0 Å². The van der Waals surface area contributed by atoms with Gasteiger partial charge >= 0.3 is 11.2 Å². The van der Waals surface area contributed by atoms with Gasteiger partial charge in [0.15, 0.2) is 13.4 Å². The maximum Gasteiger partial charge on any atom is 0.378 e. The molecule has 4 fully saturated rings. The van der Waals surface area contributed by atoms with Gasteiger partial charge in [-0.15, -0.1) is 0 Å². The molecule has 0 saturated heterocycles. The van der Waals surface area contributed by atoms with Gasteiger partial charge in [0.1, 0.15) is 0 Å². The first-order chi connectivity index (χ1) is 10.4. The average molecular weight is 336 g/mol. The van der Waals surface area contributed by atoms with Crippen LogP contribution in [0.3, 0.4) is 0 Å². The van der Waals surface area contributed by atoms with Gasteiger partial charge in [0, 0.05) is 0 Å². The number of hydrogen-bond acceptors (Lipinski definition) is 5. The van der Waals surface area contributed by atoms with Gasteiger partial charge in [-0.3, -0.25) is 8.98 Å². The van der Waals surface area contributed by atoms with E-state index in [1.54, 1.807) is 0 Å². The van der Waals surface area contributed by atoms with Crippen molar-refractivity contribution in [3.8, 4) is 0 Å². The van der Waals surface area contributed by atoms with Crippen LogP contribution in [0.4, 0.5) is 8.78 Å².